The molecule has 0 bridgehead atoms. The van der Waals surface area contributed by atoms with Gasteiger partial charge in [-0.1, -0.05) is 126 Å². The van der Waals surface area contributed by atoms with Gasteiger partial charge in [0.1, 0.15) is 0 Å². The molecule has 0 saturated heterocycles. The number of nitrogens with zero attached hydrogens (tertiary/aromatic N) is 6. The number of fused-ring (bicyclic) bond motifs is 5. The molecule has 11 heteroatoms. The molecule has 11 nitrogen and oxygen atoms in total. The van der Waals surface area contributed by atoms with Gasteiger partial charge in [0, 0.05) is 51.4 Å². The Labute approximate surface area is 375 Å². The summed E-state index contributed by atoms with van der Waals surface area (Å²) < 4.78 is 17.6. The van der Waals surface area contributed by atoms with Crippen molar-refractivity contribution in [2.75, 3.05) is 40.6 Å². The van der Waals surface area contributed by atoms with E-state index in [1.54, 1.807) is 19.8 Å². The van der Waals surface area contributed by atoms with Crippen molar-refractivity contribution in [2.24, 2.45) is 57.4 Å². The summed E-state index contributed by atoms with van der Waals surface area (Å²) in [6.07, 6.45) is 24.8. The van der Waals surface area contributed by atoms with Gasteiger partial charge in [0.15, 0.2) is 0 Å². The summed E-state index contributed by atoms with van der Waals surface area (Å²) in [5, 5.41) is 22.3. The molecule has 10 atom stereocenters. The van der Waals surface area contributed by atoms with Crippen LogP contribution in [0.25, 0.3) is 10.4 Å². The quantitative estimate of drug-likeness (QED) is 0.0305. The van der Waals surface area contributed by atoms with Crippen molar-refractivity contribution < 1.29 is 24.1 Å². The van der Waals surface area contributed by atoms with Gasteiger partial charge >= 0.3 is 5.97 Å². The number of rotatable bonds is 22. The number of methoxy groups -OCH3 is 2. The van der Waals surface area contributed by atoms with Crippen LogP contribution in [0.3, 0.4) is 0 Å². The van der Waals surface area contributed by atoms with Crippen LogP contribution in [0, 0.1) is 52.3 Å². The molecule has 1 aromatic rings. The van der Waals surface area contributed by atoms with E-state index in [1.165, 1.54) is 57.8 Å². The SMILES string of the molecule is C.C.C.C.C.COCC(C)CN=[N+]=[N-].COCC(C)Cn1cc(CCCCCCCCCOC(=O)CCC(C)C2CCC3C4CC=C5CC(O)CCC5(C)C4CCC23C)nn1. The first-order valence-corrected chi connectivity index (χ1v) is 22.4. The molecule has 1 N–H and O–H groups in total. The Kier molecular flexibility index (Phi) is 30.4. The normalized spacial score (nSPS) is 27.2. The highest BCUT2D eigenvalue weighted by Crippen LogP contribution is 2.67. The smallest absolute Gasteiger partial charge is 0.305 e. The van der Waals surface area contributed by atoms with Crippen LogP contribution in [0.2, 0.25) is 0 Å². The zero-order valence-corrected chi connectivity index (χ0v) is 36.3. The van der Waals surface area contributed by atoms with Crippen molar-refractivity contribution in [1.82, 2.24) is 15.0 Å². The van der Waals surface area contributed by atoms with Crippen molar-refractivity contribution in [3.05, 3.63) is 34.0 Å². The number of hydrogen-bond donors (Lipinski definition) is 1. The molecule has 10 unspecified atom stereocenters. The molecule has 61 heavy (non-hydrogen) atoms. The van der Waals surface area contributed by atoms with E-state index in [0.29, 0.717) is 54.8 Å². The molecule has 4 aliphatic carbocycles. The fraction of sp³-hybridized carbons (Fsp3) is 0.900. The minimum atomic E-state index is -0.128. The predicted octanol–water partition coefficient (Wildman–Crippen LogP) is 13.5. The van der Waals surface area contributed by atoms with E-state index in [9.17, 15) is 9.90 Å². The maximum atomic E-state index is 12.6. The van der Waals surface area contributed by atoms with Crippen LogP contribution in [-0.4, -0.2) is 72.8 Å². The zero-order chi connectivity index (χ0) is 40.6. The first kappa shape index (κ1) is 60.6. The standard InChI is InChI=1S/C40H67N3O4.C5H11N3O.5CH4/c1-29(28-46-5)26-43-27-32(41-42-43)13-11-9-7-6-8-10-12-24-47-38(45)19-14-30(2)35-17-18-36-34-16-15-31-25-33(44)20-22-39(31,3)37(34)21-23-40(35,36)4;1-5(4-9-2)3-7-8-6;;;;;/h15,27,29-30,33-37,44H,6-14,16-26,28H2,1-5H3;5H,3-4H2,1-2H3;5*1H4. The van der Waals surface area contributed by atoms with Crippen LogP contribution >= 0.6 is 0 Å². The molecule has 358 valence electrons. The fourth-order valence-corrected chi connectivity index (χ4v) is 11.4. The number of ether oxygens (including phenoxy) is 3. The second-order valence-electron chi connectivity index (χ2n) is 18.8. The summed E-state index contributed by atoms with van der Waals surface area (Å²) in [5.41, 5.74) is 11.3. The molecule has 0 amide bonds. The average molecular weight is 863 g/mol. The third kappa shape index (κ3) is 17.6. The Morgan fingerprint density at radius 2 is 1.57 bits per heavy atom. The van der Waals surface area contributed by atoms with Crippen LogP contribution < -0.4 is 0 Å². The highest BCUT2D eigenvalue weighted by atomic mass is 16.5. The number of carbonyl (C=O) groups is 1. The third-order valence-corrected chi connectivity index (χ3v) is 14.4. The molecule has 5 rings (SSSR count). The van der Waals surface area contributed by atoms with Gasteiger partial charge in [-0.05, 0) is 135 Å². The maximum Gasteiger partial charge on any atom is 0.305 e. The maximum absolute atomic E-state index is 12.6. The summed E-state index contributed by atoms with van der Waals surface area (Å²) in [6, 6.07) is 0. The number of aromatic nitrogens is 3. The molecule has 3 saturated carbocycles. The minimum Gasteiger partial charge on any atom is -0.466 e. The van der Waals surface area contributed by atoms with Gasteiger partial charge in [-0.25, -0.2) is 0 Å². The number of hydrogen-bond acceptors (Lipinski definition) is 8. The lowest BCUT2D eigenvalue weighted by molar-refractivity contribution is -0.144. The van der Waals surface area contributed by atoms with Gasteiger partial charge < -0.3 is 19.3 Å². The van der Waals surface area contributed by atoms with Gasteiger partial charge in [0.25, 0.3) is 0 Å². The van der Waals surface area contributed by atoms with E-state index in [1.807, 2.05) is 11.6 Å². The second-order valence-corrected chi connectivity index (χ2v) is 18.8. The van der Waals surface area contributed by atoms with Crippen molar-refractivity contribution in [3.63, 3.8) is 0 Å². The predicted molar refractivity (Wildman–Crippen MR) is 256 cm³/mol. The van der Waals surface area contributed by atoms with Gasteiger partial charge in [0.05, 0.1) is 25.0 Å². The highest BCUT2D eigenvalue weighted by molar-refractivity contribution is 5.69. The van der Waals surface area contributed by atoms with E-state index in [4.69, 9.17) is 19.7 Å². The van der Waals surface area contributed by atoms with E-state index in [-0.39, 0.29) is 49.2 Å². The van der Waals surface area contributed by atoms with Crippen LogP contribution in [0.5, 0.6) is 0 Å². The molecular formula is C50H98N6O5. The largest absolute Gasteiger partial charge is 0.466 e. The van der Waals surface area contributed by atoms with Crippen molar-refractivity contribution in [2.45, 2.75) is 200 Å². The van der Waals surface area contributed by atoms with Crippen LogP contribution in [0.4, 0.5) is 0 Å². The lowest BCUT2D eigenvalue weighted by Gasteiger charge is -2.58. The van der Waals surface area contributed by atoms with Gasteiger partial charge in [-0.15, -0.1) is 5.10 Å². The topological polar surface area (TPSA) is 144 Å². The van der Waals surface area contributed by atoms with E-state index >= 15 is 0 Å². The lowest BCUT2D eigenvalue weighted by atomic mass is 9.47. The molecule has 4 aliphatic rings. The van der Waals surface area contributed by atoms with E-state index < -0.39 is 0 Å². The van der Waals surface area contributed by atoms with Crippen molar-refractivity contribution in [3.8, 4) is 0 Å². The molecular weight excluding hydrogens is 765 g/mol. The van der Waals surface area contributed by atoms with Crippen LogP contribution in [0.1, 0.15) is 187 Å². The zero-order valence-electron chi connectivity index (χ0n) is 36.3. The number of unbranched alkanes of at least 4 members (excludes halogenated alkanes) is 6. The number of carbonyl (C=O) groups excluding carboxylic acids is 1. The van der Waals surface area contributed by atoms with Crippen LogP contribution in [0.15, 0.2) is 23.0 Å². The van der Waals surface area contributed by atoms with Crippen molar-refractivity contribution in [1.29, 1.82) is 0 Å². The highest BCUT2D eigenvalue weighted by Gasteiger charge is 2.59. The Hall–Kier alpha value is -2.46. The number of allylic oxidation sites excluding steroid dienone is 1. The van der Waals surface area contributed by atoms with E-state index in [2.05, 4.69) is 60.3 Å². The number of azide groups is 1. The first-order valence-electron chi connectivity index (χ1n) is 22.4. The molecule has 0 spiro atoms. The average Bonchev–Trinajstić information content (AvgIpc) is 3.77. The number of esters is 1. The van der Waals surface area contributed by atoms with Crippen LogP contribution in [-0.2, 0) is 32.0 Å². The number of aliphatic hydroxyl groups is 1. The lowest BCUT2D eigenvalue weighted by Crippen LogP contribution is -2.50. The van der Waals surface area contributed by atoms with Gasteiger partial charge in [0.2, 0.25) is 0 Å². The summed E-state index contributed by atoms with van der Waals surface area (Å²) >= 11 is 0. The summed E-state index contributed by atoms with van der Waals surface area (Å²) in [7, 11) is 3.37. The summed E-state index contributed by atoms with van der Waals surface area (Å²) in [4.78, 5) is 15.3. The van der Waals surface area contributed by atoms with Crippen molar-refractivity contribution >= 4 is 5.97 Å². The monoisotopic (exact) mass is 863 g/mol. The Morgan fingerprint density at radius 1 is 0.918 bits per heavy atom. The van der Waals surface area contributed by atoms with E-state index in [0.717, 1.165) is 93.9 Å². The summed E-state index contributed by atoms with van der Waals surface area (Å²) in [6.45, 7) is 15.0. The Bertz CT molecular complexity index is 1400. The molecule has 1 heterocycles. The third-order valence-electron chi connectivity index (χ3n) is 14.4. The first-order chi connectivity index (χ1) is 26.9. The second kappa shape index (κ2) is 30.6. The Morgan fingerprint density at radius 3 is 2.25 bits per heavy atom. The summed E-state index contributed by atoms with van der Waals surface area (Å²) in [5.74, 6) is 4.45. The minimum absolute atomic E-state index is 0. The molecule has 0 aliphatic heterocycles. The number of aryl methyl sites for hydroxylation is 1. The molecule has 0 radical (unpaired) electrons. The molecule has 3 fully saturated rings. The van der Waals surface area contributed by atoms with Gasteiger partial charge in [-0.2, -0.15) is 0 Å². The fourth-order valence-electron chi connectivity index (χ4n) is 11.4. The van der Waals surface area contributed by atoms with Gasteiger partial charge in [-0.3, -0.25) is 9.48 Å². The molecule has 0 aromatic carbocycles. The molecule has 1 aromatic heterocycles. The Balaban J connectivity index is 0. The number of aliphatic hydroxyl groups excluding tert-OH is 1.